The highest BCUT2D eigenvalue weighted by Gasteiger charge is 2.46. The van der Waals surface area contributed by atoms with Crippen LogP contribution in [0.4, 0.5) is 0 Å². The lowest BCUT2D eigenvalue weighted by atomic mass is 9.95. The van der Waals surface area contributed by atoms with E-state index in [9.17, 15) is 19.8 Å². The molecule has 4 atom stereocenters. The van der Waals surface area contributed by atoms with Crippen molar-refractivity contribution in [3.63, 3.8) is 0 Å². The van der Waals surface area contributed by atoms with Crippen molar-refractivity contribution in [2.24, 2.45) is 0 Å². The molecule has 0 bridgehead atoms. The van der Waals surface area contributed by atoms with E-state index in [1.54, 1.807) is 0 Å². The van der Waals surface area contributed by atoms with E-state index in [1.807, 2.05) is 0 Å². The molecule has 1 saturated heterocycles. The van der Waals surface area contributed by atoms with Crippen LogP contribution in [0.3, 0.4) is 0 Å². The third-order valence-electron chi connectivity index (χ3n) is 3.54. The molecular weight excluding hydrogens is 280 g/mol. The molecule has 1 rings (SSSR count). The summed E-state index contributed by atoms with van der Waals surface area (Å²) < 4.78 is 15.3. The Morgan fingerprint density at radius 3 is 1.62 bits per heavy atom. The maximum Gasteiger partial charge on any atom is 0.302 e. The van der Waals surface area contributed by atoms with Crippen molar-refractivity contribution >= 4 is 11.9 Å². The van der Waals surface area contributed by atoms with Gasteiger partial charge >= 0.3 is 11.9 Å². The molecule has 0 aromatic heterocycles. The summed E-state index contributed by atoms with van der Waals surface area (Å²) in [6.45, 7) is 5.21. The van der Waals surface area contributed by atoms with Gasteiger partial charge in [0.15, 0.2) is 0 Å². The molecule has 1 aliphatic heterocycles. The highest BCUT2D eigenvalue weighted by Crippen LogP contribution is 2.33. The number of hydrogen-bond donors (Lipinski definition) is 2. The van der Waals surface area contributed by atoms with E-state index in [4.69, 9.17) is 14.2 Å². The van der Waals surface area contributed by atoms with Gasteiger partial charge in [-0.05, 0) is 26.7 Å². The van der Waals surface area contributed by atoms with Gasteiger partial charge in [0.1, 0.15) is 24.4 Å². The summed E-state index contributed by atoms with van der Waals surface area (Å²) in [4.78, 5) is 21.6. The summed E-state index contributed by atoms with van der Waals surface area (Å²) in [5.74, 6) is -0.960. The fourth-order valence-electron chi connectivity index (χ4n) is 2.23. The van der Waals surface area contributed by atoms with E-state index in [1.165, 1.54) is 27.7 Å². The zero-order valence-corrected chi connectivity index (χ0v) is 12.9. The second kappa shape index (κ2) is 6.72. The zero-order valence-electron chi connectivity index (χ0n) is 12.9. The van der Waals surface area contributed by atoms with E-state index in [0.29, 0.717) is 12.8 Å². The lowest BCUT2D eigenvalue weighted by Gasteiger charge is -2.33. The van der Waals surface area contributed by atoms with Crippen molar-refractivity contribution < 1.29 is 34.0 Å². The summed E-state index contributed by atoms with van der Waals surface area (Å²) in [5.41, 5.74) is -2.67. The predicted octanol–water partition coefficient (Wildman–Crippen LogP) is 0.162. The van der Waals surface area contributed by atoms with Crippen molar-refractivity contribution in [3.8, 4) is 0 Å². The molecule has 2 N–H and O–H groups in total. The monoisotopic (exact) mass is 304 g/mol. The fraction of sp³-hybridized carbons (Fsp3) is 0.857. The van der Waals surface area contributed by atoms with Crippen LogP contribution in [-0.2, 0) is 23.8 Å². The number of carbonyl (C=O) groups excluding carboxylic acids is 2. The Labute approximate surface area is 124 Å². The Balaban J connectivity index is 2.57. The topological polar surface area (TPSA) is 102 Å². The summed E-state index contributed by atoms with van der Waals surface area (Å²) in [6.07, 6.45) is -0.110. The molecule has 0 aromatic rings. The Morgan fingerprint density at radius 1 is 1.00 bits per heavy atom. The lowest BCUT2D eigenvalue weighted by molar-refractivity contribution is -0.181. The van der Waals surface area contributed by atoms with Crippen molar-refractivity contribution in [2.75, 3.05) is 13.2 Å². The number of hydrogen-bond acceptors (Lipinski definition) is 7. The predicted molar refractivity (Wildman–Crippen MR) is 72.4 cm³/mol. The Morgan fingerprint density at radius 2 is 1.33 bits per heavy atom. The first-order valence-electron chi connectivity index (χ1n) is 6.91. The number of esters is 2. The highest BCUT2D eigenvalue weighted by molar-refractivity contribution is 5.66. The summed E-state index contributed by atoms with van der Waals surface area (Å²) in [5, 5.41) is 20.6. The summed E-state index contributed by atoms with van der Waals surface area (Å²) >= 11 is 0. The molecule has 21 heavy (non-hydrogen) atoms. The van der Waals surface area contributed by atoms with Gasteiger partial charge in [-0.25, -0.2) is 0 Å². The molecule has 1 aliphatic rings. The third kappa shape index (κ3) is 5.26. The molecule has 122 valence electrons. The molecule has 0 spiro atoms. The van der Waals surface area contributed by atoms with Gasteiger partial charge < -0.3 is 24.4 Å². The molecule has 0 amide bonds. The Bertz CT molecular complexity index is 353. The van der Waals surface area contributed by atoms with E-state index in [-0.39, 0.29) is 13.2 Å². The quantitative estimate of drug-likeness (QED) is 0.674. The maximum absolute atomic E-state index is 10.8. The normalized spacial score (nSPS) is 27.5. The van der Waals surface area contributed by atoms with Crippen molar-refractivity contribution in [1.29, 1.82) is 0 Å². The molecular formula is C14H24O7. The lowest BCUT2D eigenvalue weighted by Crippen LogP contribution is -2.48. The van der Waals surface area contributed by atoms with Crippen LogP contribution < -0.4 is 0 Å². The summed E-state index contributed by atoms with van der Waals surface area (Å²) in [6, 6.07) is 0. The minimum atomic E-state index is -1.34. The standard InChI is InChI=1S/C14H24O7/c1-9(15)19-7-13(3,17)11-5-6-12(21-11)14(4,18)8-20-10(2)16/h11-12,17-18H,5-8H2,1-4H3/t11-,12+,13+,14-. The molecule has 0 unspecified atom stereocenters. The first-order chi connectivity index (χ1) is 9.54. The van der Waals surface area contributed by atoms with Gasteiger partial charge in [0, 0.05) is 13.8 Å². The van der Waals surface area contributed by atoms with Crippen LogP contribution in [0.1, 0.15) is 40.5 Å². The molecule has 7 nitrogen and oxygen atoms in total. The number of rotatable bonds is 6. The minimum Gasteiger partial charge on any atom is -0.463 e. The van der Waals surface area contributed by atoms with Crippen LogP contribution in [0.25, 0.3) is 0 Å². The molecule has 0 aliphatic carbocycles. The van der Waals surface area contributed by atoms with E-state index < -0.39 is 35.3 Å². The van der Waals surface area contributed by atoms with Crippen molar-refractivity contribution in [3.05, 3.63) is 0 Å². The zero-order chi connectivity index (χ0) is 16.3. The first kappa shape index (κ1) is 17.9. The van der Waals surface area contributed by atoms with Crippen LogP contribution in [0.5, 0.6) is 0 Å². The van der Waals surface area contributed by atoms with Gasteiger partial charge in [-0.15, -0.1) is 0 Å². The van der Waals surface area contributed by atoms with Gasteiger partial charge in [0.25, 0.3) is 0 Å². The molecule has 0 saturated carbocycles. The summed E-state index contributed by atoms with van der Waals surface area (Å²) in [7, 11) is 0. The van der Waals surface area contributed by atoms with Gasteiger partial charge in [-0.1, -0.05) is 0 Å². The average molecular weight is 304 g/mol. The largest absolute Gasteiger partial charge is 0.463 e. The first-order valence-corrected chi connectivity index (χ1v) is 6.91. The fourth-order valence-corrected chi connectivity index (χ4v) is 2.23. The van der Waals surface area contributed by atoms with Crippen LogP contribution >= 0.6 is 0 Å². The SMILES string of the molecule is CC(=O)OC[C@](C)(O)[C@H]1CC[C@@H]([C@](C)(O)COC(C)=O)O1. The van der Waals surface area contributed by atoms with Gasteiger partial charge in [0.05, 0.1) is 12.2 Å². The van der Waals surface area contributed by atoms with Crippen LogP contribution in [0.15, 0.2) is 0 Å². The molecule has 0 aromatic carbocycles. The average Bonchev–Trinajstić information content (AvgIpc) is 2.85. The third-order valence-corrected chi connectivity index (χ3v) is 3.54. The van der Waals surface area contributed by atoms with Crippen LogP contribution in [-0.4, -0.2) is 58.8 Å². The molecule has 7 heteroatoms. The Kier molecular flexibility index (Phi) is 5.72. The molecule has 1 fully saturated rings. The smallest absolute Gasteiger partial charge is 0.302 e. The minimum absolute atomic E-state index is 0.175. The van der Waals surface area contributed by atoms with Gasteiger partial charge in [-0.2, -0.15) is 0 Å². The number of aliphatic hydroxyl groups is 2. The Hall–Kier alpha value is -1.18. The molecule has 0 radical (unpaired) electrons. The highest BCUT2D eigenvalue weighted by atomic mass is 16.6. The second-order valence-corrected chi connectivity index (χ2v) is 5.97. The van der Waals surface area contributed by atoms with E-state index >= 15 is 0 Å². The number of ether oxygens (including phenoxy) is 3. The van der Waals surface area contributed by atoms with E-state index in [2.05, 4.69) is 0 Å². The van der Waals surface area contributed by atoms with Gasteiger partial charge in [-0.3, -0.25) is 9.59 Å². The van der Waals surface area contributed by atoms with Crippen molar-refractivity contribution in [1.82, 2.24) is 0 Å². The van der Waals surface area contributed by atoms with E-state index in [0.717, 1.165) is 0 Å². The van der Waals surface area contributed by atoms with Gasteiger partial charge in [0.2, 0.25) is 0 Å². The van der Waals surface area contributed by atoms with Crippen LogP contribution in [0, 0.1) is 0 Å². The second-order valence-electron chi connectivity index (χ2n) is 5.97. The maximum atomic E-state index is 10.8. The number of carbonyl (C=O) groups is 2. The molecule has 1 heterocycles. The van der Waals surface area contributed by atoms with Crippen LogP contribution in [0.2, 0.25) is 0 Å². The van der Waals surface area contributed by atoms with Crippen molar-refractivity contribution in [2.45, 2.75) is 63.9 Å².